The first-order valence-corrected chi connectivity index (χ1v) is 7.66. The molecule has 3 rings (SSSR count). The fourth-order valence-corrected chi connectivity index (χ4v) is 3.30. The number of amides is 1. The minimum absolute atomic E-state index is 0.0454. The van der Waals surface area contributed by atoms with Crippen molar-refractivity contribution in [1.29, 1.82) is 0 Å². The van der Waals surface area contributed by atoms with Gasteiger partial charge in [0.1, 0.15) is 5.76 Å². The highest BCUT2D eigenvalue weighted by Gasteiger charge is 2.29. The highest BCUT2D eigenvalue weighted by molar-refractivity contribution is 5.94. The Kier molecular flexibility index (Phi) is 3.94. The van der Waals surface area contributed by atoms with E-state index >= 15 is 0 Å². The lowest BCUT2D eigenvalue weighted by molar-refractivity contribution is -0.142. The Hall–Kier alpha value is -1.85. The summed E-state index contributed by atoms with van der Waals surface area (Å²) in [6, 6.07) is 0.0454. The van der Waals surface area contributed by atoms with Crippen molar-refractivity contribution < 1.29 is 19.2 Å². The van der Waals surface area contributed by atoms with E-state index in [1.165, 1.54) is 0 Å². The van der Waals surface area contributed by atoms with E-state index in [1.807, 2.05) is 0 Å². The second-order valence-electron chi connectivity index (χ2n) is 6.00. The van der Waals surface area contributed by atoms with Crippen LogP contribution in [0.2, 0.25) is 0 Å². The molecule has 0 radical (unpaired) electrons. The molecular weight excluding hydrogens is 272 g/mol. The van der Waals surface area contributed by atoms with Gasteiger partial charge in [0, 0.05) is 18.0 Å². The molecule has 0 aromatic carbocycles. The van der Waals surface area contributed by atoms with E-state index in [0.717, 1.165) is 37.0 Å². The molecule has 2 aliphatic carbocycles. The van der Waals surface area contributed by atoms with Gasteiger partial charge in [-0.1, -0.05) is 5.16 Å². The van der Waals surface area contributed by atoms with Crippen LogP contribution in [0.5, 0.6) is 0 Å². The number of fused-ring (bicyclic) bond motifs is 1. The number of hydrogen-bond acceptors (Lipinski definition) is 4. The van der Waals surface area contributed by atoms with E-state index in [-0.39, 0.29) is 17.9 Å². The van der Waals surface area contributed by atoms with Gasteiger partial charge in [0.2, 0.25) is 0 Å². The molecule has 1 aromatic heterocycles. The summed E-state index contributed by atoms with van der Waals surface area (Å²) in [6.45, 7) is 0. The van der Waals surface area contributed by atoms with Gasteiger partial charge >= 0.3 is 5.97 Å². The number of carboxylic acid groups (broad SMARTS) is 1. The number of hydrogen-bond donors (Lipinski definition) is 2. The van der Waals surface area contributed by atoms with E-state index in [0.29, 0.717) is 31.4 Å². The summed E-state index contributed by atoms with van der Waals surface area (Å²) in [4.78, 5) is 23.2. The number of aromatic nitrogens is 1. The van der Waals surface area contributed by atoms with Crippen molar-refractivity contribution in [2.75, 3.05) is 0 Å². The number of carbonyl (C=O) groups excluding carboxylic acids is 1. The highest BCUT2D eigenvalue weighted by Crippen LogP contribution is 2.26. The summed E-state index contributed by atoms with van der Waals surface area (Å²) in [5.74, 6) is -0.329. The molecule has 2 aliphatic rings. The molecule has 1 amide bonds. The maximum Gasteiger partial charge on any atom is 0.306 e. The lowest BCUT2D eigenvalue weighted by Gasteiger charge is -2.26. The third kappa shape index (κ3) is 2.94. The molecule has 1 fully saturated rings. The fraction of sp³-hybridized carbons (Fsp3) is 0.667. The van der Waals surface area contributed by atoms with Gasteiger partial charge in [-0.3, -0.25) is 9.59 Å². The molecule has 1 saturated carbocycles. The van der Waals surface area contributed by atoms with Crippen LogP contribution in [-0.4, -0.2) is 28.2 Å². The van der Waals surface area contributed by atoms with E-state index < -0.39 is 5.97 Å². The van der Waals surface area contributed by atoms with Crippen molar-refractivity contribution in [2.45, 2.75) is 57.4 Å². The molecular formula is C15H20N2O4. The quantitative estimate of drug-likeness (QED) is 0.888. The number of aliphatic carboxylic acids is 1. The summed E-state index contributed by atoms with van der Waals surface area (Å²) >= 11 is 0. The Morgan fingerprint density at radius 1 is 1.14 bits per heavy atom. The Labute approximate surface area is 122 Å². The van der Waals surface area contributed by atoms with Crippen LogP contribution in [-0.2, 0) is 17.6 Å². The van der Waals surface area contributed by atoms with Crippen molar-refractivity contribution in [3.8, 4) is 0 Å². The average molecular weight is 292 g/mol. The Bertz CT molecular complexity index is 544. The molecule has 0 aliphatic heterocycles. The van der Waals surface area contributed by atoms with Crippen LogP contribution >= 0.6 is 0 Å². The minimum Gasteiger partial charge on any atom is -0.481 e. The fourth-order valence-electron chi connectivity index (χ4n) is 3.30. The van der Waals surface area contributed by atoms with E-state index in [1.54, 1.807) is 0 Å². The first-order valence-electron chi connectivity index (χ1n) is 7.66. The van der Waals surface area contributed by atoms with Crippen molar-refractivity contribution in [2.24, 2.45) is 5.92 Å². The lowest BCUT2D eigenvalue weighted by Crippen LogP contribution is -2.39. The van der Waals surface area contributed by atoms with Crippen molar-refractivity contribution in [1.82, 2.24) is 10.5 Å². The molecule has 0 atom stereocenters. The lowest BCUT2D eigenvalue weighted by atomic mass is 9.86. The Morgan fingerprint density at radius 3 is 2.57 bits per heavy atom. The van der Waals surface area contributed by atoms with Gasteiger partial charge in [-0.25, -0.2) is 0 Å². The standard InChI is InChI=1S/C15H20N2O4/c18-14(13-11-3-1-2-4-12(11)21-17-13)16-10-7-5-9(6-8-10)15(19)20/h9-10H,1-8H2,(H,16,18)(H,19,20). The minimum atomic E-state index is -0.731. The van der Waals surface area contributed by atoms with E-state index in [4.69, 9.17) is 9.63 Å². The molecule has 2 N–H and O–H groups in total. The third-order valence-corrected chi connectivity index (χ3v) is 4.58. The summed E-state index contributed by atoms with van der Waals surface area (Å²) in [5.41, 5.74) is 1.38. The molecule has 0 spiro atoms. The maximum atomic E-state index is 12.3. The van der Waals surface area contributed by atoms with Crippen LogP contribution < -0.4 is 5.32 Å². The summed E-state index contributed by atoms with van der Waals surface area (Å²) in [7, 11) is 0. The van der Waals surface area contributed by atoms with Crippen LogP contribution in [0, 0.1) is 5.92 Å². The molecule has 0 saturated heterocycles. The van der Waals surface area contributed by atoms with Gasteiger partial charge in [0.15, 0.2) is 5.69 Å². The van der Waals surface area contributed by atoms with Gasteiger partial charge < -0.3 is 14.9 Å². The zero-order valence-corrected chi connectivity index (χ0v) is 11.9. The maximum absolute atomic E-state index is 12.3. The molecule has 6 nitrogen and oxygen atoms in total. The second-order valence-corrected chi connectivity index (χ2v) is 6.00. The van der Waals surface area contributed by atoms with Crippen molar-refractivity contribution in [3.63, 3.8) is 0 Å². The van der Waals surface area contributed by atoms with Crippen molar-refractivity contribution >= 4 is 11.9 Å². The highest BCUT2D eigenvalue weighted by atomic mass is 16.5. The predicted molar refractivity (Wildman–Crippen MR) is 74.0 cm³/mol. The number of nitrogens with one attached hydrogen (secondary N) is 1. The predicted octanol–water partition coefficient (Wildman–Crippen LogP) is 1.93. The van der Waals surface area contributed by atoms with Gasteiger partial charge in [0.05, 0.1) is 5.92 Å². The van der Waals surface area contributed by atoms with E-state index in [2.05, 4.69) is 10.5 Å². The Morgan fingerprint density at radius 2 is 1.86 bits per heavy atom. The molecule has 1 heterocycles. The second kappa shape index (κ2) is 5.87. The molecule has 1 aromatic rings. The first kappa shape index (κ1) is 14.1. The monoisotopic (exact) mass is 292 g/mol. The topological polar surface area (TPSA) is 92.4 Å². The van der Waals surface area contributed by atoms with Gasteiger partial charge in [-0.15, -0.1) is 0 Å². The van der Waals surface area contributed by atoms with Gasteiger partial charge in [-0.05, 0) is 44.9 Å². The summed E-state index contributed by atoms with van der Waals surface area (Å²) in [6.07, 6.45) is 6.53. The molecule has 6 heteroatoms. The normalized spacial score (nSPS) is 25.1. The number of aryl methyl sites for hydroxylation is 1. The average Bonchev–Trinajstić information content (AvgIpc) is 2.92. The summed E-state index contributed by atoms with van der Waals surface area (Å²) in [5, 5.41) is 15.9. The molecule has 21 heavy (non-hydrogen) atoms. The van der Waals surface area contributed by atoms with Crippen molar-refractivity contribution in [3.05, 3.63) is 17.0 Å². The zero-order chi connectivity index (χ0) is 14.8. The van der Waals surface area contributed by atoms with E-state index in [9.17, 15) is 9.59 Å². The first-order chi connectivity index (χ1) is 10.1. The number of carbonyl (C=O) groups is 2. The molecule has 0 bridgehead atoms. The zero-order valence-electron chi connectivity index (χ0n) is 11.9. The third-order valence-electron chi connectivity index (χ3n) is 4.58. The number of carboxylic acids is 1. The molecule has 0 unspecified atom stereocenters. The van der Waals surface area contributed by atoms with Crippen LogP contribution in [0.25, 0.3) is 0 Å². The van der Waals surface area contributed by atoms with Crippen LogP contribution in [0.3, 0.4) is 0 Å². The molecule has 114 valence electrons. The van der Waals surface area contributed by atoms with Crippen LogP contribution in [0.4, 0.5) is 0 Å². The Balaban J connectivity index is 1.60. The smallest absolute Gasteiger partial charge is 0.306 e. The van der Waals surface area contributed by atoms with Crippen LogP contribution in [0.1, 0.15) is 60.3 Å². The number of nitrogens with zero attached hydrogens (tertiary/aromatic N) is 1. The number of rotatable bonds is 3. The SMILES string of the molecule is O=C(NC1CCC(C(=O)O)CC1)c1noc2c1CCCC2. The largest absolute Gasteiger partial charge is 0.481 e. The van der Waals surface area contributed by atoms with Crippen LogP contribution in [0.15, 0.2) is 4.52 Å². The van der Waals surface area contributed by atoms with Gasteiger partial charge in [-0.2, -0.15) is 0 Å². The van der Waals surface area contributed by atoms with Gasteiger partial charge in [0.25, 0.3) is 5.91 Å². The summed E-state index contributed by atoms with van der Waals surface area (Å²) < 4.78 is 5.26.